The van der Waals surface area contributed by atoms with Crippen LogP contribution in [0.25, 0.3) is 0 Å². The van der Waals surface area contributed by atoms with Crippen molar-refractivity contribution in [2.75, 3.05) is 6.54 Å². The summed E-state index contributed by atoms with van der Waals surface area (Å²) in [6.07, 6.45) is 3.19. The lowest BCUT2D eigenvalue weighted by Crippen LogP contribution is -2.52. The van der Waals surface area contributed by atoms with Crippen LogP contribution in [0.3, 0.4) is 0 Å². The third-order valence-corrected chi connectivity index (χ3v) is 3.23. The van der Waals surface area contributed by atoms with Gasteiger partial charge in [-0.3, -0.25) is 4.79 Å². The van der Waals surface area contributed by atoms with Crippen LogP contribution in [0.1, 0.15) is 37.2 Å². The maximum atomic E-state index is 11.9. The minimum atomic E-state index is -0.325. The zero-order chi connectivity index (χ0) is 12.2. The molecule has 0 spiro atoms. The highest BCUT2D eigenvalue weighted by Gasteiger charge is 2.27. The molecular weight excluding hydrogens is 261 g/mol. The third kappa shape index (κ3) is 3.91. The second kappa shape index (κ2) is 6.89. The maximum Gasteiger partial charge on any atom is 0.268 e. The van der Waals surface area contributed by atoms with Crippen molar-refractivity contribution in [2.24, 2.45) is 5.73 Å². The van der Waals surface area contributed by atoms with Gasteiger partial charge in [0.1, 0.15) is 5.69 Å². The Kier molecular flexibility index (Phi) is 6.60. The van der Waals surface area contributed by atoms with Crippen molar-refractivity contribution >= 4 is 29.9 Å². The van der Waals surface area contributed by atoms with Gasteiger partial charge in [-0.25, -0.2) is 0 Å². The average molecular weight is 280 g/mol. The van der Waals surface area contributed by atoms with Crippen molar-refractivity contribution in [1.29, 1.82) is 0 Å². The van der Waals surface area contributed by atoms with Gasteiger partial charge in [0.25, 0.3) is 5.91 Å². The highest BCUT2D eigenvalue weighted by atomic mass is 35.5. The fourth-order valence-electron chi connectivity index (χ4n) is 1.57. The molecule has 1 aromatic heterocycles. The second-order valence-electron chi connectivity index (χ2n) is 3.88. The van der Waals surface area contributed by atoms with Gasteiger partial charge in [0, 0.05) is 12.7 Å². The summed E-state index contributed by atoms with van der Waals surface area (Å²) in [6, 6.07) is 1.60. The number of halogens is 2. The van der Waals surface area contributed by atoms with Crippen molar-refractivity contribution in [3.8, 4) is 0 Å². The number of nitrogens with two attached hydrogens (primary N) is 1. The van der Waals surface area contributed by atoms with Crippen molar-refractivity contribution in [3.63, 3.8) is 0 Å². The molecule has 0 bridgehead atoms. The molecule has 98 valence electrons. The van der Waals surface area contributed by atoms with Gasteiger partial charge < -0.3 is 16.0 Å². The van der Waals surface area contributed by atoms with E-state index in [2.05, 4.69) is 10.3 Å². The summed E-state index contributed by atoms with van der Waals surface area (Å²) in [6.45, 7) is 4.46. The van der Waals surface area contributed by atoms with Gasteiger partial charge >= 0.3 is 0 Å². The molecule has 1 heterocycles. The van der Waals surface area contributed by atoms with E-state index < -0.39 is 0 Å². The Morgan fingerprint density at radius 3 is 2.47 bits per heavy atom. The van der Waals surface area contributed by atoms with E-state index in [9.17, 15) is 4.79 Å². The number of H-pyrrole nitrogens is 1. The Morgan fingerprint density at radius 2 is 2.12 bits per heavy atom. The first kappa shape index (κ1) is 16.3. The number of aromatic nitrogens is 1. The van der Waals surface area contributed by atoms with Gasteiger partial charge in [0.15, 0.2) is 0 Å². The first-order chi connectivity index (χ1) is 7.56. The molecule has 0 saturated heterocycles. The van der Waals surface area contributed by atoms with Crippen LogP contribution < -0.4 is 11.1 Å². The molecule has 0 saturated carbocycles. The number of carbonyl (C=O) groups excluding carboxylic acids is 1. The van der Waals surface area contributed by atoms with E-state index in [1.54, 1.807) is 12.3 Å². The first-order valence-corrected chi connectivity index (χ1v) is 5.81. The number of hydrogen-bond donors (Lipinski definition) is 3. The van der Waals surface area contributed by atoms with Crippen LogP contribution in [0.5, 0.6) is 0 Å². The molecule has 17 heavy (non-hydrogen) atoms. The predicted octanol–water partition coefficient (Wildman–Crippen LogP) is 2.34. The highest BCUT2D eigenvalue weighted by molar-refractivity contribution is 6.30. The van der Waals surface area contributed by atoms with Crippen molar-refractivity contribution in [1.82, 2.24) is 10.3 Å². The maximum absolute atomic E-state index is 11.9. The summed E-state index contributed by atoms with van der Waals surface area (Å²) < 4.78 is 0. The minimum absolute atomic E-state index is 0. The molecule has 0 aliphatic carbocycles. The molecule has 0 atom stereocenters. The highest BCUT2D eigenvalue weighted by Crippen LogP contribution is 2.15. The van der Waals surface area contributed by atoms with Crippen LogP contribution in [0, 0.1) is 0 Å². The number of rotatable bonds is 5. The van der Waals surface area contributed by atoms with Crippen LogP contribution in [-0.2, 0) is 0 Å². The Morgan fingerprint density at radius 1 is 1.53 bits per heavy atom. The predicted molar refractivity (Wildman–Crippen MR) is 72.9 cm³/mol. The first-order valence-electron chi connectivity index (χ1n) is 5.43. The Balaban J connectivity index is 0.00000256. The standard InChI is InChI=1S/C11H18ClN3O.ClH/c1-3-11(4-2,7-13)15-10(16)9-5-8(12)6-14-9;/h5-6,14H,3-4,7,13H2,1-2H3,(H,15,16);1H. The number of nitrogens with one attached hydrogen (secondary N) is 2. The van der Waals surface area contributed by atoms with Crippen LogP contribution in [0.2, 0.25) is 5.02 Å². The second-order valence-corrected chi connectivity index (χ2v) is 4.31. The van der Waals surface area contributed by atoms with Crippen molar-refractivity contribution < 1.29 is 4.79 Å². The lowest BCUT2D eigenvalue weighted by molar-refractivity contribution is 0.0890. The van der Waals surface area contributed by atoms with E-state index in [0.29, 0.717) is 17.3 Å². The molecule has 1 aromatic rings. The number of hydrogen-bond acceptors (Lipinski definition) is 2. The fraction of sp³-hybridized carbons (Fsp3) is 0.545. The van der Waals surface area contributed by atoms with Crippen LogP contribution in [-0.4, -0.2) is 23.0 Å². The SMILES string of the molecule is CCC(CC)(CN)NC(=O)c1cc(Cl)c[nH]1.Cl. The Hall–Kier alpha value is -0.710. The molecule has 0 aliphatic rings. The molecule has 0 unspecified atom stereocenters. The van der Waals surface area contributed by atoms with Gasteiger partial charge in [-0.15, -0.1) is 12.4 Å². The van der Waals surface area contributed by atoms with E-state index in [4.69, 9.17) is 17.3 Å². The molecule has 0 aromatic carbocycles. The fourth-order valence-corrected chi connectivity index (χ4v) is 1.74. The van der Waals surface area contributed by atoms with Gasteiger partial charge in [0.2, 0.25) is 0 Å². The zero-order valence-electron chi connectivity index (χ0n) is 10.0. The summed E-state index contributed by atoms with van der Waals surface area (Å²) in [4.78, 5) is 14.7. The summed E-state index contributed by atoms with van der Waals surface area (Å²) in [5.74, 6) is -0.166. The molecule has 0 radical (unpaired) electrons. The van der Waals surface area contributed by atoms with E-state index >= 15 is 0 Å². The molecular formula is C11H19Cl2N3O. The topological polar surface area (TPSA) is 70.9 Å². The molecule has 1 rings (SSSR count). The molecule has 4 nitrogen and oxygen atoms in total. The Labute approximate surface area is 113 Å². The van der Waals surface area contributed by atoms with Crippen molar-refractivity contribution in [2.45, 2.75) is 32.2 Å². The van der Waals surface area contributed by atoms with Gasteiger partial charge in [-0.1, -0.05) is 25.4 Å². The lowest BCUT2D eigenvalue weighted by atomic mass is 9.93. The monoisotopic (exact) mass is 279 g/mol. The lowest BCUT2D eigenvalue weighted by Gasteiger charge is -2.31. The van der Waals surface area contributed by atoms with Crippen molar-refractivity contribution in [3.05, 3.63) is 23.0 Å². The van der Waals surface area contributed by atoms with E-state index in [1.165, 1.54) is 0 Å². The smallest absolute Gasteiger partial charge is 0.268 e. The summed E-state index contributed by atoms with van der Waals surface area (Å²) in [5.41, 5.74) is 5.85. The van der Waals surface area contributed by atoms with Gasteiger partial charge in [0.05, 0.1) is 10.6 Å². The number of carbonyl (C=O) groups is 1. The summed E-state index contributed by atoms with van der Waals surface area (Å²) >= 11 is 5.74. The molecule has 1 amide bonds. The average Bonchev–Trinajstić information content (AvgIpc) is 2.73. The summed E-state index contributed by atoms with van der Waals surface area (Å²) in [7, 11) is 0. The van der Waals surface area contributed by atoms with Crippen LogP contribution in [0.4, 0.5) is 0 Å². The van der Waals surface area contributed by atoms with Crippen LogP contribution in [0.15, 0.2) is 12.3 Å². The largest absolute Gasteiger partial charge is 0.356 e. The molecule has 0 fully saturated rings. The van der Waals surface area contributed by atoms with E-state index in [1.807, 2.05) is 13.8 Å². The molecule has 0 aliphatic heterocycles. The van der Waals surface area contributed by atoms with E-state index in [0.717, 1.165) is 12.8 Å². The van der Waals surface area contributed by atoms with E-state index in [-0.39, 0.29) is 23.9 Å². The number of amides is 1. The van der Waals surface area contributed by atoms with Gasteiger partial charge in [-0.2, -0.15) is 0 Å². The molecule has 6 heteroatoms. The number of aromatic amines is 1. The van der Waals surface area contributed by atoms with Crippen LogP contribution >= 0.6 is 24.0 Å². The minimum Gasteiger partial charge on any atom is -0.356 e. The third-order valence-electron chi connectivity index (χ3n) is 3.02. The quantitative estimate of drug-likeness (QED) is 0.774. The molecule has 4 N–H and O–H groups in total. The summed E-state index contributed by atoms with van der Waals surface area (Å²) in [5, 5.41) is 3.48. The zero-order valence-corrected chi connectivity index (χ0v) is 11.6. The van der Waals surface area contributed by atoms with Gasteiger partial charge in [-0.05, 0) is 18.9 Å². The normalized spacial score (nSPS) is 10.8. The Bertz CT molecular complexity index is 353.